The van der Waals surface area contributed by atoms with Gasteiger partial charge in [-0.25, -0.2) is 18.2 Å². The monoisotopic (exact) mass is 723 g/mol. The van der Waals surface area contributed by atoms with Gasteiger partial charge in [0.15, 0.2) is 12.0 Å². The highest BCUT2D eigenvalue weighted by atomic mass is 31.2. The molecule has 2 fully saturated rings. The highest BCUT2D eigenvalue weighted by Gasteiger charge is 2.48. The Morgan fingerprint density at radius 3 is 2.31 bits per heavy atom. The SMILES string of the molecule is CC(C)c1nc(C2CC(C(=O)OCOP(=O)(OC(C)(C)C)OC(C)(C)C)C2=O)c2cc3c(cnn3C3CCCCO3)cc2c1-c1ccc(F)cc1. The number of carbonyl (C=O) groups is 2. The maximum absolute atomic E-state index is 14.0. The number of fused-ring (bicyclic) bond motifs is 2. The van der Waals surface area contributed by atoms with E-state index in [1.54, 1.807) is 53.7 Å². The topological polar surface area (TPSA) is 128 Å². The molecule has 0 spiro atoms. The second kappa shape index (κ2) is 14.1. The second-order valence-corrected chi connectivity index (χ2v) is 17.1. The lowest BCUT2D eigenvalue weighted by molar-refractivity contribution is -0.164. The summed E-state index contributed by atoms with van der Waals surface area (Å²) in [4.78, 5) is 32.1. The van der Waals surface area contributed by atoms with Gasteiger partial charge in [0.25, 0.3) is 0 Å². The van der Waals surface area contributed by atoms with Crippen LogP contribution in [-0.4, -0.2) is 51.1 Å². The first-order chi connectivity index (χ1) is 23.9. The van der Waals surface area contributed by atoms with Crippen LogP contribution in [0.5, 0.6) is 0 Å². The highest BCUT2D eigenvalue weighted by molar-refractivity contribution is 7.48. The van der Waals surface area contributed by atoms with Crippen LogP contribution >= 0.6 is 7.82 Å². The van der Waals surface area contributed by atoms with Crippen LogP contribution in [-0.2, 0) is 37.2 Å². The van der Waals surface area contributed by atoms with Crippen molar-refractivity contribution in [2.24, 2.45) is 5.92 Å². The lowest BCUT2D eigenvalue weighted by Gasteiger charge is -2.33. The average Bonchev–Trinajstić information content (AvgIpc) is 3.45. The van der Waals surface area contributed by atoms with Crippen molar-refractivity contribution in [3.05, 3.63) is 59.8 Å². The minimum Gasteiger partial charge on any atom is -0.437 e. The number of carbonyl (C=O) groups excluding carboxylic acids is 2. The number of phosphoric acid groups is 1. The maximum Gasteiger partial charge on any atom is 0.478 e. The summed E-state index contributed by atoms with van der Waals surface area (Å²) in [6.07, 6.45) is 4.65. The van der Waals surface area contributed by atoms with Gasteiger partial charge in [-0.1, -0.05) is 26.0 Å². The van der Waals surface area contributed by atoms with E-state index in [9.17, 15) is 18.5 Å². The summed E-state index contributed by atoms with van der Waals surface area (Å²) < 4.78 is 57.2. The second-order valence-electron chi connectivity index (χ2n) is 15.6. The van der Waals surface area contributed by atoms with Gasteiger partial charge in [0.05, 0.1) is 40.2 Å². The van der Waals surface area contributed by atoms with E-state index in [-0.39, 0.29) is 30.2 Å². The summed E-state index contributed by atoms with van der Waals surface area (Å²) in [6.45, 7) is 14.2. The molecule has 2 aromatic carbocycles. The summed E-state index contributed by atoms with van der Waals surface area (Å²) in [5.74, 6) is -3.24. The van der Waals surface area contributed by atoms with Gasteiger partial charge >= 0.3 is 13.8 Å². The number of pyridine rings is 1. The minimum absolute atomic E-state index is 0.0447. The lowest BCUT2D eigenvalue weighted by Crippen LogP contribution is -2.42. The summed E-state index contributed by atoms with van der Waals surface area (Å²) in [7, 11) is -4.13. The van der Waals surface area contributed by atoms with Crippen LogP contribution in [0, 0.1) is 11.7 Å². The van der Waals surface area contributed by atoms with E-state index in [4.69, 9.17) is 33.1 Å². The third-order valence-corrected chi connectivity index (χ3v) is 10.8. The first kappa shape index (κ1) is 37.2. The molecule has 1 saturated carbocycles. The molecule has 51 heavy (non-hydrogen) atoms. The van der Waals surface area contributed by atoms with Crippen molar-refractivity contribution in [3.63, 3.8) is 0 Å². The Kier molecular flexibility index (Phi) is 10.3. The molecule has 3 heterocycles. The van der Waals surface area contributed by atoms with Crippen molar-refractivity contribution in [1.29, 1.82) is 0 Å². The summed E-state index contributed by atoms with van der Waals surface area (Å²) in [6, 6.07) is 10.4. The van der Waals surface area contributed by atoms with Crippen molar-refractivity contribution < 1.29 is 41.6 Å². The third kappa shape index (κ3) is 8.10. The van der Waals surface area contributed by atoms with Crippen LogP contribution in [0.15, 0.2) is 42.6 Å². The molecule has 2 aliphatic rings. The molecule has 2 aromatic heterocycles. The van der Waals surface area contributed by atoms with E-state index in [0.717, 1.165) is 57.8 Å². The van der Waals surface area contributed by atoms with Crippen LogP contribution in [0.1, 0.15) is 111 Å². The van der Waals surface area contributed by atoms with Gasteiger partial charge < -0.3 is 9.47 Å². The smallest absolute Gasteiger partial charge is 0.437 e. The molecule has 0 amide bonds. The zero-order valence-electron chi connectivity index (χ0n) is 30.5. The number of hydrogen-bond acceptors (Lipinski definition) is 10. The molecule has 274 valence electrons. The molecule has 6 rings (SSSR count). The number of rotatable bonds is 10. The van der Waals surface area contributed by atoms with Gasteiger partial charge in [-0.05, 0) is 108 Å². The van der Waals surface area contributed by atoms with Crippen LogP contribution in [0.2, 0.25) is 0 Å². The Labute approximate surface area is 297 Å². The Morgan fingerprint density at radius 1 is 1.04 bits per heavy atom. The van der Waals surface area contributed by atoms with Crippen LogP contribution in [0.3, 0.4) is 0 Å². The molecule has 3 atom stereocenters. The number of ether oxygens (including phenoxy) is 2. The molecule has 13 heteroatoms. The fourth-order valence-electron chi connectivity index (χ4n) is 6.65. The first-order valence-electron chi connectivity index (χ1n) is 17.5. The largest absolute Gasteiger partial charge is 0.478 e. The Morgan fingerprint density at radius 2 is 1.73 bits per heavy atom. The first-order valence-corrected chi connectivity index (χ1v) is 19.0. The fourth-order valence-corrected chi connectivity index (χ4v) is 8.31. The molecule has 11 nitrogen and oxygen atoms in total. The number of nitrogens with zero attached hydrogens (tertiary/aromatic N) is 3. The number of ketones is 1. The fraction of sp³-hybridized carbons (Fsp3) is 0.526. The van der Waals surface area contributed by atoms with Crippen LogP contribution < -0.4 is 0 Å². The maximum atomic E-state index is 14.0. The number of phosphoric ester groups is 1. The number of benzene rings is 2. The molecule has 4 aromatic rings. The average molecular weight is 724 g/mol. The quantitative estimate of drug-likeness (QED) is 0.0676. The van der Waals surface area contributed by atoms with Crippen molar-refractivity contribution in [3.8, 4) is 11.1 Å². The van der Waals surface area contributed by atoms with E-state index in [1.165, 1.54) is 12.1 Å². The van der Waals surface area contributed by atoms with Gasteiger partial charge in [0.2, 0.25) is 6.79 Å². The number of halogens is 1. The summed E-state index contributed by atoms with van der Waals surface area (Å²) in [5, 5.41) is 7.20. The number of esters is 1. The van der Waals surface area contributed by atoms with E-state index in [0.29, 0.717) is 12.3 Å². The molecular weight excluding hydrogens is 676 g/mol. The molecule has 1 aliphatic carbocycles. The Hall–Kier alpha value is -3.54. The minimum atomic E-state index is -4.13. The van der Waals surface area contributed by atoms with E-state index in [2.05, 4.69) is 6.07 Å². The van der Waals surface area contributed by atoms with E-state index in [1.807, 2.05) is 30.8 Å². The van der Waals surface area contributed by atoms with Gasteiger partial charge in [-0.3, -0.25) is 23.6 Å². The molecule has 1 aliphatic heterocycles. The van der Waals surface area contributed by atoms with Crippen molar-refractivity contribution in [2.75, 3.05) is 13.4 Å². The number of aromatic nitrogens is 3. The van der Waals surface area contributed by atoms with Gasteiger partial charge in [0.1, 0.15) is 11.7 Å². The van der Waals surface area contributed by atoms with Crippen molar-refractivity contribution in [1.82, 2.24) is 14.8 Å². The van der Waals surface area contributed by atoms with Crippen molar-refractivity contribution in [2.45, 2.75) is 110 Å². The molecule has 3 unspecified atom stereocenters. The number of hydrogen-bond donors (Lipinski definition) is 0. The standard InChI is InChI=1S/C38H47FN3O8P/c1-22(2)33-32(23-12-14-25(39)15-13-23)26-17-24-20-40-42(31-11-9-10-16-46-31)30(24)19-27(26)34(41-33)28-18-29(35(28)43)36(44)47-21-48-51(45,49-37(3,4)5)50-38(6,7)8/h12-15,17,19-20,22,28-29,31H,9-11,16,18,21H2,1-8H3. The zero-order chi connectivity index (χ0) is 36.9. The van der Waals surface area contributed by atoms with E-state index >= 15 is 0 Å². The van der Waals surface area contributed by atoms with Crippen LogP contribution in [0.4, 0.5) is 4.39 Å². The van der Waals surface area contributed by atoms with Crippen LogP contribution in [0.25, 0.3) is 32.8 Å². The van der Waals surface area contributed by atoms with Gasteiger partial charge in [0, 0.05) is 22.9 Å². The Bertz CT molecular complexity index is 1970. The normalized spacial score (nSPS) is 20.3. The number of Topliss-reactive ketones (excluding diaryl/α,β-unsaturated/α-hetero) is 1. The zero-order valence-corrected chi connectivity index (χ0v) is 31.4. The summed E-state index contributed by atoms with van der Waals surface area (Å²) >= 11 is 0. The van der Waals surface area contributed by atoms with Gasteiger partial charge in [-0.15, -0.1) is 0 Å². The molecule has 0 radical (unpaired) electrons. The lowest BCUT2D eigenvalue weighted by atomic mass is 9.70. The Balaban J connectivity index is 1.33. The predicted octanol–water partition coefficient (Wildman–Crippen LogP) is 9.14. The van der Waals surface area contributed by atoms with E-state index < -0.39 is 43.6 Å². The van der Waals surface area contributed by atoms with Gasteiger partial charge in [-0.2, -0.15) is 5.10 Å². The molecule has 0 bridgehead atoms. The molecule has 1 saturated heterocycles. The molecular formula is C38H47FN3O8P. The van der Waals surface area contributed by atoms with Crippen molar-refractivity contribution >= 4 is 41.3 Å². The third-order valence-electron chi connectivity index (χ3n) is 8.84. The molecule has 0 N–H and O–H groups in total. The highest BCUT2D eigenvalue weighted by Crippen LogP contribution is 2.55. The summed E-state index contributed by atoms with van der Waals surface area (Å²) in [5.41, 5.74) is 2.08. The predicted molar refractivity (Wildman–Crippen MR) is 191 cm³/mol.